The second-order valence-corrected chi connectivity index (χ2v) is 2.59. The van der Waals surface area contributed by atoms with Gasteiger partial charge >= 0.3 is 0 Å². The fourth-order valence-corrected chi connectivity index (χ4v) is 1.08. The molecule has 0 saturated heterocycles. The van der Waals surface area contributed by atoms with Gasteiger partial charge in [-0.1, -0.05) is 0 Å². The SMILES string of the molecule is Sc1ccn2ccnc2c1. The molecule has 0 aliphatic carbocycles. The van der Waals surface area contributed by atoms with Gasteiger partial charge in [-0.25, -0.2) is 4.98 Å². The molecule has 0 aliphatic rings. The number of rotatable bonds is 0. The average Bonchev–Trinajstić information content (AvgIpc) is 2.33. The summed E-state index contributed by atoms with van der Waals surface area (Å²) in [6.45, 7) is 0. The normalized spacial score (nSPS) is 10.5. The van der Waals surface area contributed by atoms with Gasteiger partial charge in [0.2, 0.25) is 0 Å². The molecule has 10 heavy (non-hydrogen) atoms. The molecule has 0 aromatic carbocycles. The van der Waals surface area contributed by atoms with E-state index >= 15 is 0 Å². The molecule has 0 N–H and O–H groups in total. The first-order chi connectivity index (χ1) is 4.86. The van der Waals surface area contributed by atoms with Gasteiger partial charge in [0, 0.05) is 23.5 Å². The fraction of sp³-hybridized carbons (Fsp3) is 0. The number of hydrogen-bond donors (Lipinski definition) is 1. The number of fused-ring (bicyclic) bond motifs is 1. The molecule has 0 spiro atoms. The van der Waals surface area contributed by atoms with Crippen molar-refractivity contribution in [2.45, 2.75) is 4.90 Å². The van der Waals surface area contributed by atoms with Crippen LogP contribution in [0.25, 0.3) is 5.65 Å². The van der Waals surface area contributed by atoms with E-state index in [1.54, 1.807) is 6.20 Å². The molecule has 0 atom stereocenters. The summed E-state index contributed by atoms with van der Waals surface area (Å²) >= 11 is 4.18. The summed E-state index contributed by atoms with van der Waals surface area (Å²) in [5.41, 5.74) is 0.938. The number of nitrogens with zero attached hydrogens (tertiary/aromatic N) is 2. The van der Waals surface area contributed by atoms with Crippen LogP contribution in [0, 0.1) is 0 Å². The largest absolute Gasteiger partial charge is 0.307 e. The quantitative estimate of drug-likeness (QED) is 0.565. The van der Waals surface area contributed by atoms with Crippen molar-refractivity contribution in [2.24, 2.45) is 0 Å². The third-order valence-electron chi connectivity index (χ3n) is 1.38. The third kappa shape index (κ3) is 0.789. The first-order valence-corrected chi connectivity index (χ1v) is 3.43. The molecule has 50 valence electrons. The van der Waals surface area contributed by atoms with E-state index in [4.69, 9.17) is 0 Å². The van der Waals surface area contributed by atoms with Crippen LogP contribution >= 0.6 is 12.6 Å². The molecule has 0 saturated carbocycles. The fourth-order valence-electron chi connectivity index (χ4n) is 0.899. The lowest BCUT2D eigenvalue weighted by molar-refractivity contribution is 1.16. The lowest BCUT2D eigenvalue weighted by atomic mass is 10.5. The van der Waals surface area contributed by atoms with Crippen LogP contribution in [0.2, 0.25) is 0 Å². The van der Waals surface area contributed by atoms with Gasteiger partial charge in [-0.2, -0.15) is 0 Å². The monoisotopic (exact) mass is 150 g/mol. The van der Waals surface area contributed by atoms with Crippen LogP contribution < -0.4 is 0 Å². The summed E-state index contributed by atoms with van der Waals surface area (Å²) in [5.74, 6) is 0. The standard InChI is InChI=1S/C7H6N2S/c10-6-1-3-9-4-2-8-7(9)5-6/h1-5,10H. The van der Waals surface area contributed by atoms with Gasteiger partial charge in [-0.05, 0) is 12.1 Å². The Morgan fingerprint density at radius 1 is 1.40 bits per heavy atom. The first-order valence-electron chi connectivity index (χ1n) is 2.98. The second kappa shape index (κ2) is 2.02. The van der Waals surface area contributed by atoms with Crippen LogP contribution in [0.1, 0.15) is 0 Å². The van der Waals surface area contributed by atoms with Gasteiger partial charge in [-0.15, -0.1) is 12.6 Å². The van der Waals surface area contributed by atoms with E-state index in [1.165, 1.54) is 0 Å². The van der Waals surface area contributed by atoms with Crippen molar-refractivity contribution in [3.63, 3.8) is 0 Å². The molecule has 0 bridgehead atoms. The zero-order valence-electron chi connectivity index (χ0n) is 5.23. The molecule has 2 aromatic rings. The van der Waals surface area contributed by atoms with E-state index in [1.807, 2.05) is 28.9 Å². The van der Waals surface area contributed by atoms with Crippen molar-refractivity contribution in [3.8, 4) is 0 Å². The van der Waals surface area contributed by atoms with Crippen LogP contribution in [-0.2, 0) is 0 Å². The van der Waals surface area contributed by atoms with Crippen LogP contribution in [0.5, 0.6) is 0 Å². The Hall–Kier alpha value is -0.960. The van der Waals surface area contributed by atoms with Gasteiger partial charge in [-0.3, -0.25) is 0 Å². The Morgan fingerprint density at radius 2 is 2.30 bits per heavy atom. The first kappa shape index (κ1) is 5.80. The molecule has 0 aliphatic heterocycles. The molecule has 2 nitrogen and oxygen atoms in total. The molecule has 2 heterocycles. The molecule has 0 fully saturated rings. The number of aromatic nitrogens is 2. The summed E-state index contributed by atoms with van der Waals surface area (Å²) < 4.78 is 1.94. The zero-order valence-corrected chi connectivity index (χ0v) is 6.12. The predicted octanol–water partition coefficient (Wildman–Crippen LogP) is 1.62. The Kier molecular flexibility index (Phi) is 1.17. The maximum Gasteiger partial charge on any atom is 0.137 e. The molecule has 0 radical (unpaired) electrons. The van der Waals surface area contributed by atoms with Crippen molar-refractivity contribution in [2.75, 3.05) is 0 Å². The van der Waals surface area contributed by atoms with E-state index in [0.717, 1.165) is 10.5 Å². The van der Waals surface area contributed by atoms with Gasteiger partial charge in [0.1, 0.15) is 5.65 Å². The summed E-state index contributed by atoms with van der Waals surface area (Å²) in [6.07, 6.45) is 5.61. The number of pyridine rings is 1. The van der Waals surface area contributed by atoms with Crippen LogP contribution in [0.3, 0.4) is 0 Å². The Bertz CT molecular complexity index is 353. The Morgan fingerprint density at radius 3 is 3.20 bits per heavy atom. The highest BCUT2D eigenvalue weighted by Gasteiger charge is 1.90. The molecule has 0 amide bonds. The van der Waals surface area contributed by atoms with Crippen molar-refractivity contribution in [3.05, 3.63) is 30.7 Å². The Balaban J connectivity index is 2.86. The molecule has 2 aromatic heterocycles. The smallest absolute Gasteiger partial charge is 0.137 e. The van der Waals surface area contributed by atoms with Gasteiger partial charge in [0.15, 0.2) is 0 Å². The van der Waals surface area contributed by atoms with Crippen molar-refractivity contribution >= 4 is 18.3 Å². The van der Waals surface area contributed by atoms with Crippen molar-refractivity contribution in [1.82, 2.24) is 9.38 Å². The minimum atomic E-state index is 0.938. The van der Waals surface area contributed by atoms with Crippen LogP contribution in [0.4, 0.5) is 0 Å². The van der Waals surface area contributed by atoms with E-state index in [9.17, 15) is 0 Å². The zero-order chi connectivity index (χ0) is 6.97. The van der Waals surface area contributed by atoms with Gasteiger partial charge < -0.3 is 4.40 Å². The van der Waals surface area contributed by atoms with E-state index in [-0.39, 0.29) is 0 Å². The molecule has 0 unspecified atom stereocenters. The second-order valence-electron chi connectivity index (χ2n) is 2.08. The van der Waals surface area contributed by atoms with Crippen molar-refractivity contribution in [1.29, 1.82) is 0 Å². The molecule has 3 heteroatoms. The number of hydrogen-bond acceptors (Lipinski definition) is 2. The van der Waals surface area contributed by atoms with Crippen molar-refractivity contribution < 1.29 is 0 Å². The summed E-state index contributed by atoms with van der Waals surface area (Å²) in [6, 6.07) is 3.85. The maximum atomic E-state index is 4.18. The molecule has 2 rings (SSSR count). The molecular weight excluding hydrogens is 144 g/mol. The van der Waals surface area contributed by atoms with Crippen LogP contribution in [0.15, 0.2) is 35.6 Å². The van der Waals surface area contributed by atoms with E-state index in [2.05, 4.69) is 17.6 Å². The van der Waals surface area contributed by atoms with E-state index in [0.29, 0.717) is 0 Å². The minimum absolute atomic E-state index is 0.938. The maximum absolute atomic E-state index is 4.18. The van der Waals surface area contributed by atoms with E-state index < -0.39 is 0 Å². The molecular formula is C7H6N2S. The minimum Gasteiger partial charge on any atom is -0.307 e. The number of imidazole rings is 1. The average molecular weight is 150 g/mol. The highest BCUT2D eigenvalue weighted by Crippen LogP contribution is 2.07. The summed E-state index contributed by atoms with van der Waals surface area (Å²) in [5, 5.41) is 0. The lowest BCUT2D eigenvalue weighted by Gasteiger charge is -1.91. The third-order valence-corrected chi connectivity index (χ3v) is 1.66. The predicted molar refractivity (Wildman–Crippen MR) is 42.4 cm³/mol. The number of thiol groups is 1. The van der Waals surface area contributed by atoms with Crippen LogP contribution in [-0.4, -0.2) is 9.38 Å². The summed E-state index contributed by atoms with van der Waals surface area (Å²) in [7, 11) is 0. The lowest BCUT2D eigenvalue weighted by Crippen LogP contribution is -1.80. The summed E-state index contributed by atoms with van der Waals surface area (Å²) in [4.78, 5) is 5.04. The Labute approximate surface area is 63.9 Å². The highest BCUT2D eigenvalue weighted by molar-refractivity contribution is 7.80. The highest BCUT2D eigenvalue weighted by atomic mass is 32.1. The topological polar surface area (TPSA) is 17.3 Å². The van der Waals surface area contributed by atoms with Gasteiger partial charge in [0.25, 0.3) is 0 Å². The van der Waals surface area contributed by atoms with Gasteiger partial charge in [0.05, 0.1) is 0 Å².